The third-order valence-electron chi connectivity index (χ3n) is 3.25. The number of carbonyl (C=O) groups excluding carboxylic acids is 1. The van der Waals surface area contributed by atoms with E-state index in [4.69, 9.17) is 4.74 Å². The Labute approximate surface area is 111 Å². The third kappa shape index (κ3) is 4.50. The monoisotopic (exact) mass is 269 g/mol. The van der Waals surface area contributed by atoms with Crippen LogP contribution in [0.4, 0.5) is 13.6 Å². The van der Waals surface area contributed by atoms with E-state index in [1.807, 2.05) is 30.3 Å². The standard InChI is InChI=1S/C14H17F2NO2/c15-14(16)8-6-12(7-9-14)17-13(18)19-10-11-4-2-1-3-5-11/h1-5,12H,6-10H2,(H,17,18). The molecular formula is C14H17F2NO2. The van der Waals surface area contributed by atoms with E-state index in [1.54, 1.807) is 0 Å². The minimum atomic E-state index is -2.58. The molecule has 2 rings (SSSR count). The van der Waals surface area contributed by atoms with Crippen LogP contribution in [0.15, 0.2) is 30.3 Å². The predicted molar refractivity (Wildman–Crippen MR) is 67.0 cm³/mol. The van der Waals surface area contributed by atoms with Crippen molar-refractivity contribution in [1.29, 1.82) is 0 Å². The van der Waals surface area contributed by atoms with Gasteiger partial charge in [0, 0.05) is 18.9 Å². The van der Waals surface area contributed by atoms with Gasteiger partial charge in [-0.15, -0.1) is 0 Å². The molecule has 1 aliphatic rings. The summed E-state index contributed by atoms with van der Waals surface area (Å²) in [6.07, 6.45) is -0.284. The second-order valence-electron chi connectivity index (χ2n) is 4.84. The molecule has 0 aromatic heterocycles. The predicted octanol–water partition coefficient (Wildman–Crippen LogP) is 3.49. The molecule has 19 heavy (non-hydrogen) atoms. The summed E-state index contributed by atoms with van der Waals surface area (Å²) in [5.41, 5.74) is 0.896. The van der Waals surface area contributed by atoms with E-state index in [-0.39, 0.29) is 25.5 Å². The first kappa shape index (κ1) is 13.8. The van der Waals surface area contributed by atoms with Gasteiger partial charge in [0.1, 0.15) is 6.61 Å². The van der Waals surface area contributed by atoms with Gasteiger partial charge >= 0.3 is 6.09 Å². The highest BCUT2D eigenvalue weighted by atomic mass is 19.3. The Bertz CT molecular complexity index is 413. The van der Waals surface area contributed by atoms with E-state index in [9.17, 15) is 13.6 Å². The Balaban J connectivity index is 1.70. The van der Waals surface area contributed by atoms with E-state index in [0.29, 0.717) is 12.8 Å². The van der Waals surface area contributed by atoms with Crippen molar-refractivity contribution in [1.82, 2.24) is 5.32 Å². The lowest BCUT2D eigenvalue weighted by atomic mass is 9.92. The first-order valence-electron chi connectivity index (χ1n) is 6.40. The van der Waals surface area contributed by atoms with Crippen LogP contribution in [0.3, 0.4) is 0 Å². The summed E-state index contributed by atoms with van der Waals surface area (Å²) >= 11 is 0. The van der Waals surface area contributed by atoms with Crippen LogP contribution < -0.4 is 5.32 Å². The van der Waals surface area contributed by atoms with Crippen LogP contribution in [0.2, 0.25) is 0 Å². The van der Waals surface area contributed by atoms with Crippen molar-refractivity contribution in [3.05, 3.63) is 35.9 Å². The topological polar surface area (TPSA) is 38.3 Å². The highest BCUT2D eigenvalue weighted by molar-refractivity contribution is 5.67. The Hall–Kier alpha value is -1.65. The molecule has 104 valence electrons. The number of nitrogens with one attached hydrogen (secondary N) is 1. The lowest BCUT2D eigenvalue weighted by Gasteiger charge is -2.28. The number of alkyl halides is 2. The average molecular weight is 269 g/mol. The van der Waals surface area contributed by atoms with Gasteiger partial charge in [0.05, 0.1) is 0 Å². The molecule has 0 spiro atoms. The van der Waals surface area contributed by atoms with Crippen LogP contribution in [0.25, 0.3) is 0 Å². The second kappa shape index (κ2) is 5.99. The Kier molecular flexibility index (Phi) is 4.35. The van der Waals surface area contributed by atoms with Gasteiger partial charge in [-0.1, -0.05) is 30.3 Å². The number of hydrogen-bond acceptors (Lipinski definition) is 2. The van der Waals surface area contributed by atoms with Gasteiger partial charge in [0.2, 0.25) is 5.92 Å². The van der Waals surface area contributed by atoms with E-state index in [0.717, 1.165) is 5.56 Å². The lowest BCUT2D eigenvalue weighted by molar-refractivity contribution is -0.0403. The van der Waals surface area contributed by atoms with Gasteiger partial charge in [-0.25, -0.2) is 13.6 Å². The minimum Gasteiger partial charge on any atom is -0.445 e. The molecule has 1 aliphatic carbocycles. The molecule has 0 saturated heterocycles. The van der Waals surface area contributed by atoms with Crippen molar-refractivity contribution < 1.29 is 18.3 Å². The van der Waals surface area contributed by atoms with Gasteiger partial charge in [-0.05, 0) is 18.4 Å². The van der Waals surface area contributed by atoms with Gasteiger partial charge in [0.15, 0.2) is 0 Å². The molecule has 0 bridgehead atoms. The molecule has 1 amide bonds. The van der Waals surface area contributed by atoms with Crippen molar-refractivity contribution in [3.8, 4) is 0 Å². The van der Waals surface area contributed by atoms with E-state index >= 15 is 0 Å². The second-order valence-corrected chi connectivity index (χ2v) is 4.84. The van der Waals surface area contributed by atoms with Gasteiger partial charge in [0.25, 0.3) is 0 Å². The van der Waals surface area contributed by atoms with Crippen LogP contribution in [0.5, 0.6) is 0 Å². The molecule has 0 heterocycles. The normalized spacial score (nSPS) is 18.8. The number of alkyl carbamates (subject to hydrolysis) is 1. The van der Waals surface area contributed by atoms with Crippen LogP contribution >= 0.6 is 0 Å². The highest BCUT2D eigenvalue weighted by Gasteiger charge is 2.35. The maximum atomic E-state index is 12.9. The van der Waals surface area contributed by atoms with Gasteiger partial charge in [-0.2, -0.15) is 0 Å². The smallest absolute Gasteiger partial charge is 0.407 e. The van der Waals surface area contributed by atoms with Crippen molar-refractivity contribution >= 4 is 6.09 Å². The summed E-state index contributed by atoms with van der Waals surface area (Å²) in [4.78, 5) is 11.5. The zero-order valence-corrected chi connectivity index (χ0v) is 10.6. The molecule has 0 unspecified atom stereocenters. The molecule has 1 aromatic rings. The molecule has 1 fully saturated rings. The molecular weight excluding hydrogens is 252 g/mol. The van der Waals surface area contributed by atoms with E-state index in [2.05, 4.69) is 5.32 Å². The molecule has 0 radical (unpaired) electrons. The molecule has 3 nitrogen and oxygen atoms in total. The first-order valence-corrected chi connectivity index (χ1v) is 6.40. The van der Waals surface area contributed by atoms with E-state index < -0.39 is 12.0 Å². The fourth-order valence-corrected chi connectivity index (χ4v) is 2.12. The summed E-state index contributed by atoms with van der Waals surface area (Å²) in [5.74, 6) is -2.58. The zero-order chi connectivity index (χ0) is 13.7. The number of ether oxygens (including phenoxy) is 1. The molecule has 1 saturated carbocycles. The number of carbonyl (C=O) groups is 1. The number of benzene rings is 1. The first-order chi connectivity index (χ1) is 9.05. The summed E-state index contributed by atoms with van der Waals surface area (Å²) in [7, 11) is 0. The number of rotatable bonds is 3. The summed E-state index contributed by atoms with van der Waals surface area (Å²) < 4.78 is 30.9. The van der Waals surface area contributed by atoms with Crippen molar-refractivity contribution in [2.75, 3.05) is 0 Å². The van der Waals surface area contributed by atoms with Crippen LogP contribution in [-0.2, 0) is 11.3 Å². The summed E-state index contributed by atoms with van der Waals surface area (Å²) in [6, 6.07) is 9.11. The number of amides is 1. The van der Waals surface area contributed by atoms with Crippen molar-refractivity contribution in [2.45, 2.75) is 44.3 Å². The Morgan fingerprint density at radius 1 is 1.26 bits per heavy atom. The largest absolute Gasteiger partial charge is 0.445 e. The molecule has 0 aliphatic heterocycles. The molecule has 0 atom stereocenters. The van der Waals surface area contributed by atoms with Gasteiger partial charge < -0.3 is 10.1 Å². The zero-order valence-electron chi connectivity index (χ0n) is 10.6. The summed E-state index contributed by atoms with van der Waals surface area (Å²) in [5, 5.41) is 2.63. The SMILES string of the molecule is O=C(NC1CCC(F)(F)CC1)OCc1ccccc1. The van der Waals surface area contributed by atoms with Crippen molar-refractivity contribution in [3.63, 3.8) is 0 Å². The summed E-state index contributed by atoms with van der Waals surface area (Å²) in [6.45, 7) is 0.190. The quantitative estimate of drug-likeness (QED) is 0.912. The van der Waals surface area contributed by atoms with Gasteiger partial charge in [-0.3, -0.25) is 0 Å². The van der Waals surface area contributed by atoms with Crippen molar-refractivity contribution in [2.24, 2.45) is 0 Å². The minimum absolute atomic E-state index is 0.170. The Morgan fingerprint density at radius 3 is 2.53 bits per heavy atom. The van der Waals surface area contributed by atoms with Crippen LogP contribution in [0.1, 0.15) is 31.2 Å². The fraction of sp³-hybridized carbons (Fsp3) is 0.500. The van der Waals surface area contributed by atoms with E-state index in [1.165, 1.54) is 0 Å². The molecule has 1 aromatic carbocycles. The molecule has 1 N–H and O–H groups in total. The van der Waals surface area contributed by atoms with Crippen LogP contribution in [0, 0.1) is 0 Å². The third-order valence-corrected chi connectivity index (χ3v) is 3.25. The number of hydrogen-bond donors (Lipinski definition) is 1. The average Bonchev–Trinajstić information content (AvgIpc) is 2.40. The highest BCUT2D eigenvalue weighted by Crippen LogP contribution is 2.32. The molecule has 5 heteroatoms. The maximum Gasteiger partial charge on any atom is 0.407 e. The maximum absolute atomic E-state index is 12.9. The van der Waals surface area contributed by atoms with Crippen LogP contribution in [-0.4, -0.2) is 18.1 Å². The number of halogens is 2. The Morgan fingerprint density at radius 2 is 1.89 bits per heavy atom. The lowest BCUT2D eigenvalue weighted by Crippen LogP contribution is -2.40. The fourth-order valence-electron chi connectivity index (χ4n) is 2.12.